The average Bonchev–Trinajstić information content (AvgIpc) is 2.70. The smallest absolute Gasteiger partial charge is 0.264 e. The number of hydrogen-bond donors (Lipinski definition) is 1. The number of sulfonamides is 1. The lowest BCUT2D eigenvalue weighted by Crippen LogP contribution is -2.29. The molecule has 5 nitrogen and oxygen atoms in total. The highest BCUT2D eigenvalue weighted by Gasteiger charge is 2.25. The van der Waals surface area contributed by atoms with Crippen molar-refractivity contribution < 1.29 is 13.2 Å². The monoisotopic (exact) mass is 428 g/mol. The van der Waals surface area contributed by atoms with Gasteiger partial charge in [0, 0.05) is 17.8 Å². The third-order valence-corrected chi connectivity index (χ3v) is 6.79. The van der Waals surface area contributed by atoms with E-state index in [0.29, 0.717) is 10.7 Å². The predicted molar refractivity (Wildman–Crippen MR) is 117 cm³/mol. The normalized spacial score (nSPS) is 11.2. The second-order valence-electron chi connectivity index (χ2n) is 6.72. The van der Waals surface area contributed by atoms with Gasteiger partial charge in [0.15, 0.2) is 0 Å². The Bertz CT molecular complexity index is 1160. The van der Waals surface area contributed by atoms with E-state index in [1.807, 2.05) is 13.8 Å². The predicted octanol–water partition coefficient (Wildman–Crippen LogP) is 5.03. The summed E-state index contributed by atoms with van der Waals surface area (Å²) >= 11 is 6.12. The maximum absolute atomic E-state index is 13.0. The zero-order valence-corrected chi connectivity index (χ0v) is 17.9. The molecule has 7 heteroatoms. The Morgan fingerprint density at radius 1 is 0.966 bits per heavy atom. The van der Waals surface area contributed by atoms with E-state index in [9.17, 15) is 13.2 Å². The van der Waals surface area contributed by atoms with Gasteiger partial charge in [-0.05, 0) is 55.8 Å². The van der Waals surface area contributed by atoms with E-state index < -0.39 is 15.9 Å². The van der Waals surface area contributed by atoms with E-state index in [4.69, 9.17) is 11.6 Å². The highest BCUT2D eigenvalue weighted by molar-refractivity contribution is 7.92. The number of para-hydroxylation sites is 1. The highest BCUT2D eigenvalue weighted by atomic mass is 35.5. The lowest BCUT2D eigenvalue weighted by atomic mass is 10.1. The van der Waals surface area contributed by atoms with E-state index in [1.165, 1.54) is 7.05 Å². The van der Waals surface area contributed by atoms with Crippen LogP contribution in [0.15, 0.2) is 71.6 Å². The number of carbonyl (C=O) groups is 1. The van der Waals surface area contributed by atoms with Crippen LogP contribution in [0, 0.1) is 13.8 Å². The van der Waals surface area contributed by atoms with Crippen LogP contribution in [0.3, 0.4) is 0 Å². The molecule has 0 saturated heterocycles. The van der Waals surface area contributed by atoms with Gasteiger partial charge in [0.1, 0.15) is 0 Å². The van der Waals surface area contributed by atoms with Crippen LogP contribution in [0.2, 0.25) is 5.02 Å². The first-order valence-electron chi connectivity index (χ1n) is 8.92. The minimum Gasteiger partial charge on any atom is -0.322 e. The van der Waals surface area contributed by atoms with Crippen molar-refractivity contribution >= 4 is 38.9 Å². The first-order chi connectivity index (χ1) is 13.7. The third-order valence-electron chi connectivity index (χ3n) is 4.60. The molecule has 0 aliphatic carbocycles. The molecule has 3 aromatic rings. The summed E-state index contributed by atoms with van der Waals surface area (Å²) in [5.74, 6) is -0.425. The number of halogens is 1. The Morgan fingerprint density at radius 2 is 1.62 bits per heavy atom. The van der Waals surface area contributed by atoms with Gasteiger partial charge in [0.25, 0.3) is 15.9 Å². The first kappa shape index (κ1) is 20.9. The molecule has 0 aliphatic rings. The minimum atomic E-state index is -3.82. The van der Waals surface area contributed by atoms with Crippen molar-refractivity contribution in [2.75, 3.05) is 16.7 Å². The van der Waals surface area contributed by atoms with Crippen LogP contribution in [-0.4, -0.2) is 21.4 Å². The van der Waals surface area contributed by atoms with E-state index in [1.54, 1.807) is 66.7 Å². The fourth-order valence-corrected chi connectivity index (χ4v) is 4.20. The first-order valence-corrected chi connectivity index (χ1v) is 10.7. The quantitative estimate of drug-likeness (QED) is 0.619. The number of nitrogens with zero attached hydrogens (tertiary/aromatic N) is 1. The third kappa shape index (κ3) is 4.44. The summed E-state index contributed by atoms with van der Waals surface area (Å²) in [4.78, 5) is 13.0. The molecule has 0 heterocycles. The lowest BCUT2D eigenvalue weighted by molar-refractivity contribution is 0.102. The lowest BCUT2D eigenvalue weighted by Gasteiger charge is -2.22. The van der Waals surface area contributed by atoms with Crippen molar-refractivity contribution in [3.8, 4) is 0 Å². The molecule has 0 fully saturated rings. The number of nitrogens with one attached hydrogen (secondary N) is 1. The van der Waals surface area contributed by atoms with Gasteiger partial charge in [0.2, 0.25) is 0 Å². The average molecular weight is 429 g/mol. The topological polar surface area (TPSA) is 66.5 Å². The summed E-state index contributed by atoms with van der Waals surface area (Å²) in [6.07, 6.45) is 0. The molecule has 0 radical (unpaired) electrons. The van der Waals surface area contributed by atoms with Crippen LogP contribution in [-0.2, 0) is 10.0 Å². The molecule has 0 saturated carbocycles. The van der Waals surface area contributed by atoms with Gasteiger partial charge in [-0.2, -0.15) is 0 Å². The molecule has 0 unspecified atom stereocenters. The molecule has 0 atom stereocenters. The molecule has 0 spiro atoms. The number of anilines is 2. The van der Waals surface area contributed by atoms with Gasteiger partial charge in [-0.15, -0.1) is 0 Å². The van der Waals surface area contributed by atoms with Crippen molar-refractivity contribution in [3.63, 3.8) is 0 Å². The van der Waals surface area contributed by atoms with E-state index >= 15 is 0 Å². The van der Waals surface area contributed by atoms with Gasteiger partial charge in [-0.1, -0.05) is 47.5 Å². The molecule has 0 bridgehead atoms. The SMILES string of the molecule is Cc1ccc(S(=O)(=O)N(C)c2ccccc2C(=O)Nc2ccc(C)c(Cl)c2)cc1. The Kier molecular flexibility index (Phi) is 5.96. The summed E-state index contributed by atoms with van der Waals surface area (Å²) in [6, 6.07) is 18.3. The standard InChI is InChI=1S/C22H21ClN2O3S/c1-15-8-12-18(13-9-15)29(27,28)25(3)21-7-5-4-6-19(21)22(26)24-17-11-10-16(2)20(23)14-17/h4-14H,1-3H3,(H,24,26). The summed E-state index contributed by atoms with van der Waals surface area (Å²) < 4.78 is 27.2. The largest absolute Gasteiger partial charge is 0.322 e. The molecule has 1 N–H and O–H groups in total. The van der Waals surface area contributed by atoms with Crippen molar-refractivity contribution in [3.05, 3.63) is 88.4 Å². The minimum absolute atomic E-state index is 0.158. The number of rotatable bonds is 5. The molecule has 0 aromatic heterocycles. The molecular weight excluding hydrogens is 408 g/mol. The van der Waals surface area contributed by atoms with Gasteiger partial charge in [0.05, 0.1) is 16.1 Å². The number of amides is 1. The molecular formula is C22H21ClN2O3S. The molecule has 1 amide bonds. The van der Waals surface area contributed by atoms with Gasteiger partial charge < -0.3 is 5.32 Å². The van der Waals surface area contributed by atoms with Crippen LogP contribution < -0.4 is 9.62 Å². The number of benzene rings is 3. The summed E-state index contributed by atoms with van der Waals surface area (Å²) in [6.45, 7) is 3.76. The Balaban J connectivity index is 1.94. The molecule has 3 rings (SSSR count). The fourth-order valence-electron chi connectivity index (χ4n) is 2.81. The number of hydrogen-bond acceptors (Lipinski definition) is 3. The maximum atomic E-state index is 13.0. The number of aryl methyl sites for hydroxylation is 2. The van der Waals surface area contributed by atoms with Gasteiger partial charge in [-0.25, -0.2) is 8.42 Å². The maximum Gasteiger partial charge on any atom is 0.264 e. The molecule has 150 valence electrons. The van der Waals surface area contributed by atoms with Crippen molar-refractivity contribution in [1.29, 1.82) is 0 Å². The second-order valence-corrected chi connectivity index (χ2v) is 9.10. The molecule has 3 aromatic carbocycles. The van der Waals surface area contributed by atoms with Crippen LogP contribution in [0.1, 0.15) is 21.5 Å². The van der Waals surface area contributed by atoms with Crippen LogP contribution >= 0.6 is 11.6 Å². The van der Waals surface area contributed by atoms with Crippen LogP contribution in [0.4, 0.5) is 11.4 Å². The summed E-state index contributed by atoms with van der Waals surface area (Å²) in [5, 5.41) is 3.31. The van der Waals surface area contributed by atoms with Crippen molar-refractivity contribution in [1.82, 2.24) is 0 Å². The fraction of sp³-hybridized carbons (Fsp3) is 0.136. The molecule has 0 aliphatic heterocycles. The zero-order valence-electron chi connectivity index (χ0n) is 16.3. The van der Waals surface area contributed by atoms with Gasteiger partial charge >= 0.3 is 0 Å². The van der Waals surface area contributed by atoms with E-state index in [2.05, 4.69) is 5.32 Å². The zero-order chi connectivity index (χ0) is 21.2. The van der Waals surface area contributed by atoms with Gasteiger partial charge in [-0.3, -0.25) is 9.10 Å². The van der Waals surface area contributed by atoms with Crippen molar-refractivity contribution in [2.45, 2.75) is 18.7 Å². The van der Waals surface area contributed by atoms with E-state index in [0.717, 1.165) is 15.4 Å². The highest BCUT2D eigenvalue weighted by Crippen LogP contribution is 2.27. The van der Waals surface area contributed by atoms with E-state index in [-0.39, 0.29) is 16.1 Å². The Morgan fingerprint density at radius 3 is 2.28 bits per heavy atom. The Labute approximate surface area is 176 Å². The van der Waals surface area contributed by atoms with Crippen LogP contribution in [0.5, 0.6) is 0 Å². The van der Waals surface area contributed by atoms with Crippen LogP contribution in [0.25, 0.3) is 0 Å². The number of carbonyl (C=O) groups excluding carboxylic acids is 1. The summed E-state index contributed by atoms with van der Waals surface area (Å²) in [7, 11) is -2.38. The second kappa shape index (κ2) is 8.27. The Hall–Kier alpha value is -2.83. The van der Waals surface area contributed by atoms with Crippen molar-refractivity contribution in [2.24, 2.45) is 0 Å². The molecule has 29 heavy (non-hydrogen) atoms. The summed E-state index contributed by atoms with van der Waals surface area (Å²) in [5.41, 5.74) is 2.91.